The maximum Gasteiger partial charge on any atom is 0.148 e. The summed E-state index contributed by atoms with van der Waals surface area (Å²) in [5.74, 6) is 0. The summed E-state index contributed by atoms with van der Waals surface area (Å²) < 4.78 is 2.10. The number of hydrogen-bond acceptors (Lipinski definition) is 3. The van der Waals surface area contributed by atoms with Crippen LogP contribution in [0.15, 0.2) is 41.1 Å². The summed E-state index contributed by atoms with van der Waals surface area (Å²) in [6.07, 6.45) is 0.0820. The Morgan fingerprint density at radius 1 is 1.25 bits per heavy atom. The van der Waals surface area contributed by atoms with Crippen molar-refractivity contribution in [3.8, 4) is 11.3 Å². The Balaban J connectivity index is 1.97. The van der Waals surface area contributed by atoms with Crippen LogP contribution in [0.5, 0.6) is 0 Å². The highest BCUT2D eigenvalue weighted by atomic mass is 32.1. The van der Waals surface area contributed by atoms with Crippen molar-refractivity contribution in [1.29, 1.82) is 0 Å². The summed E-state index contributed by atoms with van der Waals surface area (Å²) >= 11 is 1.72. The number of benzene rings is 1. The van der Waals surface area contributed by atoms with Gasteiger partial charge < -0.3 is 5.32 Å². The first-order valence-electron chi connectivity index (χ1n) is 6.69. The molecule has 100 valence electrons. The minimum atomic E-state index is 0.0820. The van der Waals surface area contributed by atoms with Gasteiger partial charge >= 0.3 is 0 Å². The first kappa shape index (κ1) is 11.7. The summed E-state index contributed by atoms with van der Waals surface area (Å²) in [6.45, 7) is 4.20. The molecule has 0 amide bonds. The van der Waals surface area contributed by atoms with E-state index in [-0.39, 0.29) is 6.17 Å². The molecule has 4 rings (SSSR count). The largest absolute Gasteiger partial charge is 0.359 e. The lowest BCUT2D eigenvalue weighted by Crippen LogP contribution is -2.25. The Kier molecular flexibility index (Phi) is 2.47. The normalized spacial score (nSPS) is 16.4. The second-order valence-corrected chi connectivity index (χ2v) is 6.00. The number of aryl methyl sites for hydroxylation is 2. The summed E-state index contributed by atoms with van der Waals surface area (Å²) in [7, 11) is 0. The third kappa shape index (κ3) is 1.61. The van der Waals surface area contributed by atoms with Crippen molar-refractivity contribution in [3.05, 3.63) is 57.9 Å². The molecule has 0 unspecified atom stereocenters. The average Bonchev–Trinajstić information content (AvgIpc) is 3.06. The first-order valence-corrected chi connectivity index (χ1v) is 7.63. The molecule has 2 aromatic heterocycles. The highest BCUT2D eigenvalue weighted by molar-refractivity contribution is 7.08. The van der Waals surface area contributed by atoms with Crippen LogP contribution in [-0.4, -0.2) is 9.78 Å². The summed E-state index contributed by atoms with van der Waals surface area (Å²) in [5.41, 5.74) is 7.22. The van der Waals surface area contributed by atoms with Crippen LogP contribution >= 0.6 is 11.3 Å². The van der Waals surface area contributed by atoms with E-state index in [1.165, 1.54) is 28.1 Å². The molecule has 0 aliphatic carbocycles. The van der Waals surface area contributed by atoms with Crippen molar-refractivity contribution in [1.82, 2.24) is 9.78 Å². The van der Waals surface area contributed by atoms with Gasteiger partial charge in [-0.15, -0.1) is 0 Å². The van der Waals surface area contributed by atoms with Crippen molar-refractivity contribution >= 4 is 17.0 Å². The fourth-order valence-electron chi connectivity index (χ4n) is 2.84. The molecule has 0 fully saturated rings. The van der Waals surface area contributed by atoms with Crippen molar-refractivity contribution in [3.63, 3.8) is 0 Å². The second-order valence-electron chi connectivity index (χ2n) is 5.22. The van der Waals surface area contributed by atoms with Gasteiger partial charge in [-0.25, -0.2) is 4.68 Å². The molecule has 0 bridgehead atoms. The fourth-order valence-corrected chi connectivity index (χ4v) is 3.52. The van der Waals surface area contributed by atoms with Gasteiger partial charge in [0.15, 0.2) is 0 Å². The molecule has 0 spiro atoms. The van der Waals surface area contributed by atoms with Gasteiger partial charge in [0.05, 0.1) is 11.4 Å². The highest BCUT2D eigenvalue weighted by Crippen LogP contribution is 2.40. The van der Waals surface area contributed by atoms with Crippen molar-refractivity contribution in [2.75, 3.05) is 5.32 Å². The zero-order chi connectivity index (χ0) is 13.7. The van der Waals surface area contributed by atoms with Crippen LogP contribution in [0, 0.1) is 13.8 Å². The minimum absolute atomic E-state index is 0.0820. The molecule has 0 saturated heterocycles. The van der Waals surface area contributed by atoms with E-state index in [0.717, 1.165) is 5.69 Å². The van der Waals surface area contributed by atoms with Gasteiger partial charge in [0.1, 0.15) is 6.17 Å². The summed E-state index contributed by atoms with van der Waals surface area (Å²) in [5, 5.41) is 12.6. The van der Waals surface area contributed by atoms with Gasteiger partial charge in [0.25, 0.3) is 0 Å². The highest BCUT2D eigenvalue weighted by Gasteiger charge is 2.27. The van der Waals surface area contributed by atoms with Crippen LogP contribution in [0.2, 0.25) is 0 Å². The maximum atomic E-state index is 4.68. The molecule has 1 aliphatic rings. The molecule has 0 saturated carbocycles. The van der Waals surface area contributed by atoms with Gasteiger partial charge in [-0.3, -0.25) is 0 Å². The fraction of sp³-hybridized carbons (Fsp3) is 0.188. The molecule has 1 atom stereocenters. The third-order valence-electron chi connectivity index (χ3n) is 3.79. The van der Waals surface area contributed by atoms with E-state index < -0.39 is 0 Å². The SMILES string of the molecule is Cc1cc2n(n1)[C@@H](c1ccsc1)Nc1c(C)cccc1-2. The third-order valence-corrected chi connectivity index (χ3v) is 4.49. The van der Waals surface area contributed by atoms with E-state index >= 15 is 0 Å². The lowest BCUT2D eigenvalue weighted by Gasteiger charge is -2.29. The molecule has 3 nitrogen and oxygen atoms in total. The Morgan fingerprint density at radius 3 is 2.95 bits per heavy atom. The Morgan fingerprint density at radius 2 is 2.15 bits per heavy atom. The molecule has 4 heteroatoms. The van der Waals surface area contributed by atoms with Gasteiger partial charge in [-0.05, 0) is 42.3 Å². The average molecular weight is 281 g/mol. The van der Waals surface area contributed by atoms with Crippen LogP contribution in [0.25, 0.3) is 11.3 Å². The maximum absolute atomic E-state index is 4.68. The van der Waals surface area contributed by atoms with Crippen LogP contribution < -0.4 is 5.32 Å². The van der Waals surface area contributed by atoms with Crippen molar-refractivity contribution in [2.24, 2.45) is 0 Å². The molecule has 20 heavy (non-hydrogen) atoms. The summed E-state index contributed by atoms with van der Waals surface area (Å²) in [6, 6.07) is 10.7. The molecule has 1 N–H and O–H groups in total. The number of rotatable bonds is 1. The number of thiophene rings is 1. The van der Waals surface area contributed by atoms with E-state index in [9.17, 15) is 0 Å². The quantitative estimate of drug-likeness (QED) is 0.724. The van der Waals surface area contributed by atoms with Crippen LogP contribution in [-0.2, 0) is 0 Å². The molecular formula is C16H15N3S. The van der Waals surface area contributed by atoms with E-state index in [4.69, 9.17) is 0 Å². The van der Waals surface area contributed by atoms with Gasteiger partial charge in [0, 0.05) is 16.8 Å². The predicted molar refractivity (Wildman–Crippen MR) is 83.2 cm³/mol. The van der Waals surface area contributed by atoms with Gasteiger partial charge in [-0.2, -0.15) is 16.4 Å². The van der Waals surface area contributed by atoms with Gasteiger partial charge in [-0.1, -0.05) is 18.2 Å². The number of anilines is 1. The van der Waals surface area contributed by atoms with Crippen molar-refractivity contribution < 1.29 is 0 Å². The number of hydrogen-bond donors (Lipinski definition) is 1. The van der Waals surface area contributed by atoms with E-state index in [0.29, 0.717) is 0 Å². The van der Waals surface area contributed by atoms with Crippen LogP contribution in [0.4, 0.5) is 5.69 Å². The number of nitrogens with one attached hydrogen (secondary N) is 1. The smallest absolute Gasteiger partial charge is 0.148 e. The van der Waals surface area contributed by atoms with Crippen LogP contribution in [0.1, 0.15) is 23.0 Å². The predicted octanol–water partition coefficient (Wildman–Crippen LogP) is 4.20. The van der Waals surface area contributed by atoms with E-state index in [2.05, 4.69) is 63.1 Å². The molecule has 0 radical (unpaired) electrons. The van der Waals surface area contributed by atoms with E-state index in [1.54, 1.807) is 11.3 Å². The molecule has 3 heterocycles. The lowest BCUT2D eigenvalue weighted by molar-refractivity contribution is 0.572. The first-order chi connectivity index (χ1) is 9.74. The molecule has 1 aromatic carbocycles. The molecule has 3 aromatic rings. The number of fused-ring (bicyclic) bond motifs is 3. The minimum Gasteiger partial charge on any atom is -0.359 e. The molecular weight excluding hydrogens is 266 g/mol. The molecule has 1 aliphatic heterocycles. The standard InChI is InChI=1S/C16H15N3S/c1-10-4-3-5-13-14-8-11(2)18-19(14)16(17-15(10)13)12-6-7-20-9-12/h3-9,16-17H,1-2H3/t16-/m0/s1. The van der Waals surface area contributed by atoms with Crippen LogP contribution in [0.3, 0.4) is 0 Å². The number of nitrogens with zero attached hydrogens (tertiary/aromatic N) is 2. The number of aromatic nitrogens is 2. The second kappa shape index (κ2) is 4.21. The zero-order valence-electron chi connectivity index (χ0n) is 11.4. The lowest BCUT2D eigenvalue weighted by atomic mass is 10.0. The van der Waals surface area contributed by atoms with Crippen molar-refractivity contribution in [2.45, 2.75) is 20.0 Å². The Bertz CT molecular complexity index is 771. The Hall–Kier alpha value is -2.07. The topological polar surface area (TPSA) is 29.9 Å². The number of para-hydroxylation sites is 1. The zero-order valence-corrected chi connectivity index (χ0v) is 12.2. The summed E-state index contributed by atoms with van der Waals surface area (Å²) in [4.78, 5) is 0. The monoisotopic (exact) mass is 281 g/mol. The Labute approximate surface area is 121 Å². The van der Waals surface area contributed by atoms with E-state index in [1.807, 2.05) is 6.92 Å². The van der Waals surface area contributed by atoms with Gasteiger partial charge in [0.2, 0.25) is 0 Å².